The molecule has 1 atom stereocenters. The van der Waals surface area contributed by atoms with E-state index in [0.29, 0.717) is 12.5 Å². The lowest BCUT2D eigenvalue weighted by Crippen LogP contribution is -2.15. The average molecular weight is 204 g/mol. The second-order valence-electron chi connectivity index (χ2n) is 3.72. The highest BCUT2D eigenvalue weighted by Gasteiger charge is 2.15. The van der Waals surface area contributed by atoms with Gasteiger partial charge in [-0.05, 0) is 18.6 Å². The van der Waals surface area contributed by atoms with Crippen LogP contribution < -0.4 is 5.73 Å². The summed E-state index contributed by atoms with van der Waals surface area (Å²) in [7, 11) is 2.02. The summed E-state index contributed by atoms with van der Waals surface area (Å²) < 4.78 is 2.09. The second-order valence-corrected chi connectivity index (χ2v) is 3.72. The Kier molecular flexibility index (Phi) is 2.68. The van der Waals surface area contributed by atoms with E-state index >= 15 is 0 Å². The highest BCUT2D eigenvalue weighted by atomic mass is 15.1. The minimum absolute atomic E-state index is 0.323. The zero-order valence-electron chi connectivity index (χ0n) is 9.14. The van der Waals surface area contributed by atoms with Crippen LogP contribution in [0.25, 0.3) is 11.2 Å². The van der Waals surface area contributed by atoms with Crippen LogP contribution in [0.2, 0.25) is 0 Å². The molecule has 0 radical (unpaired) electrons. The summed E-state index contributed by atoms with van der Waals surface area (Å²) in [5, 5.41) is 0. The number of fused-ring (bicyclic) bond motifs is 1. The molecule has 2 heterocycles. The summed E-state index contributed by atoms with van der Waals surface area (Å²) in [6, 6.07) is 3.96. The summed E-state index contributed by atoms with van der Waals surface area (Å²) in [5.41, 5.74) is 7.61. The molecule has 2 aromatic heterocycles. The van der Waals surface area contributed by atoms with Crippen molar-refractivity contribution < 1.29 is 0 Å². The van der Waals surface area contributed by atoms with Crippen molar-refractivity contribution in [2.24, 2.45) is 12.8 Å². The van der Waals surface area contributed by atoms with Gasteiger partial charge in [0, 0.05) is 25.7 Å². The van der Waals surface area contributed by atoms with Crippen molar-refractivity contribution in [1.82, 2.24) is 14.5 Å². The van der Waals surface area contributed by atoms with E-state index in [1.54, 1.807) is 6.20 Å². The molecule has 0 aromatic carbocycles. The Morgan fingerprint density at radius 3 is 2.93 bits per heavy atom. The number of aromatic nitrogens is 3. The Hall–Kier alpha value is -1.42. The zero-order valence-corrected chi connectivity index (χ0v) is 9.14. The number of hydrogen-bond acceptors (Lipinski definition) is 3. The molecule has 0 bridgehead atoms. The summed E-state index contributed by atoms with van der Waals surface area (Å²) in [4.78, 5) is 8.77. The molecule has 0 spiro atoms. The van der Waals surface area contributed by atoms with E-state index in [4.69, 9.17) is 5.73 Å². The Morgan fingerprint density at radius 2 is 2.33 bits per heavy atom. The van der Waals surface area contributed by atoms with Gasteiger partial charge in [-0.3, -0.25) is 0 Å². The van der Waals surface area contributed by atoms with Crippen LogP contribution >= 0.6 is 0 Å². The highest BCUT2D eigenvalue weighted by Crippen LogP contribution is 2.20. The predicted molar refractivity (Wildman–Crippen MR) is 60.6 cm³/mol. The number of aryl methyl sites for hydroxylation is 1. The Morgan fingerprint density at radius 1 is 1.53 bits per heavy atom. The first-order valence-electron chi connectivity index (χ1n) is 5.25. The minimum Gasteiger partial charge on any atom is -0.330 e. The maximum absolute atomic E-state index is 5.73. The fraction of sp³-hybridized carbons (Fsp3) is 0.455. The summed E-state index contributed by atoms with van der Waals surface area (Å²) >= 11 is 0. The zero-order chi connectivity index (χ0) is 10.8. The van der Waals surface area contributed by atoms with Gasteiger partial charge in [0.2, 0.25) is 0 Å². The number of nitrogens with two attached hydrogens (primary N) is 1. The van der Waals surface area contributed by atoms with Crippen LogP contribution in [0.4, 0.5) is 0 Å². The lowest BCUT2D eigenvalue weighted by molar-refractivity contribution is 0.608. The van der Waals surface area contributed by atoms with Gasteiger partial charge in [-0.15, -0.1) is 0 Å². The van der Waals surface area contributed by atoms with Crippen LogP contribution in [-0.4, -0.2) is 21.1 Å². The monoisotopic (exact) mass is 204 g/mol. The van der Waals surface area contributed by atoms with Gasteiger partial charge in [-0.1, -0.05) is 6.92 Å². The normalized spacial score (nSPS) is 13.3. The topological polar surface area (TPSA) is 56.7 Å². The molecule has 0 aliphatic heterocycles. The van der Waals surface area contributed by atoms with Crippen LogP contribution in [0.1, 0.15) is 25.1 Å². The third-order valence-electron chi connectivity index (χ3n) is 2.83. The maximum Gasteiger partial charge on any atom is 0.177 e. The molecule has 4 nitrogen and oxygen atoms in total. The first-order valence-corrected chi connectivity index (χ1v) is 5.25. The van der Waals surface area contributed by atoms with Crippen molar-refractivity contribution in [1.29, 1.82) is 0 Å². The van der Waals surface area contributed by atoms with Gasteiger partial charge in [0.1, 0.15) is 5.82 Å². The van der Waals surface area contributed by atoms with Crippen molar-refractivity contribution in [3.8, 4) is 0 Å². The van der Waals surface area contributed by atoms with Crippen LogP contribution in [0.15, 0.2) is 18.3 Å². The number of hydrogen-bond donors (Lipinski definition) is 1. The molecule has 4 heteroatoms. The Bertz CT molecular complexity index is 457. The van der Waals surface area contributed by atoms with E-state index in [1.807, 2.05) is 19.2 Å². The maximum atomic E-state index is 5.73. The Balaban J connectivity index is 2.57. The van der Waals surface area contributed by atoms with Gasteiger partial charge in [0.05, 0.1) is 5.52 Å². The molecule has 1 unspecified atom stereocenters. The molecule has 15 heavy (non-hydrogen) atoms. The lowest BCUT2D eigenvalue weighted by atomic mass is 10.1. The van der Waals surface area contributed by atoms with Crippen LogP contribution in [0, 0.1) is 0 Å². The molecule has 0 saturated carbocycles. The number of imidazole rings is 1. The van der Waals surface area contributed by atoms with Gasteiger partial charge in [0.25, 0.3) is 0 Å². The van der Waals surface area contributed by atoms with Crippen LogP contribution in [-0.2, 0) is 7.05 Å². The van der Waals surface area contributed by atoms with Crippen molar-refractivity contribution in [2.75, 3.05) is 6.54 Å². The van der Waals surface area contributed by atoms with Crippen molar-refractivity contribution >= 4 is 11.2 Å². The largest absolute Gasteiger partial charge is 0.330 e. The van der Waals surface area contributed by atoms with E-state index in [2.05, 4.69) is 21.5 Å². The van der Waals surface area contributed by atoms with Crippen LogP contribution in [0.5, 0.6) is 0 Å². The highest BCUT2D eigenvalue weighted by molar-refractivity contribution is 5.71. The summed E-state index contributed by atoms with van der Waals surface area (Å²) in [6.45, 7) is 2.76. The molecule has 2 N–H and O–H groups in total. The second kappa shape index (κ2) is 3.98. The van der Waals surface area contributed by atoms with E-state index in [0.717, 1.165) is 23.4 Å². The fourth-order valence-electron chi connectivity index (χ4n) is 1.86. The Labute approximate surface area is 89.1 Å². The summed E-state index contributed by atoms with van der Waals surface area (Å²) in [6.07, 6.45) is 2.77. The molecular weight excluding hydrogens is 188 g/mol. The lowest BCUT2D eigenvalue weighted by Gasteiger charge is -2.11. The average Bonchev–Trinajstić information content (AvgIpc) is 2.60. The van der Waals surface area contributed by atoms with Gasteiger partial charge >= 0.3 is 0 Å². The van der Waals surface area contributed by atoms with Crippen LogP contribution in [0.3, 0.4) is 0 Å². The van der Waals surface area contributed by atoms with Crippen molar-refractivity contribution in [3.05, 3.63) is 24.2 Å². The molecule has 0 amide bonds. The molecule has 2 rings (SSSR count). The molecule has 0 aliphatic rings. The van der Waals surface area contributed by atoms with E-state index in [-0.39, 0.29) is 0 Å². The first kappa shape index (κ1) is 10.1. The smallest absolute Gasteiger partial charge is 0.177 e. The molecule has 80 valence electrons. The molecule has 0 saturated heterocycles. The van der Waals surface area contributed by atoms with E-state index in [1.165, 1.54) is 0 Å². The van der Waals surface area contributed by atoms with Gasteiger partial charge in [0.15, 0.2) is 5.65 Å². The van der Waals surface area contributed by atoms with E-state index < -0.39 is 0 Å². The SMILES string of the molecule is CCC(CN)c1nc2ncccc2n1C. The first-order chi connectivity index (χ1) is 7.27. The quantitative estimate of drug-likeness (QED) is 0.822. The van der Waals surface area contributed by atoms with Crippen molar-refractivity contribution in [3.63, 3.8) is 0 Å². The molecule has 2 aromatic rings. The third kappa shape index (κ3) is 1.61. The van der Waals surface area contributed by atoms with Crippen molar-refractivity contribution in [2.45, 2.75) is 19.3 Å². The molecule has 0 fully saturated rings. The third-order valence-corrected chi connectivity index (χ3v) is 2.83. The number of rotatable bonds is 3. The van der Waals surface area contributed by atoms with Gasteiger partial charge < -0.3 is 10.3 Å². The van der Waals surface area contributed by atoms with E-state index in [9.17, 15) is 0 Å². The number of pyridine rings is 1. The standard InChI is InChI=1S/C11H16N4/c1-3-8(7-12)11-14-10-9(15(11)2)5-4-6-13-10/h4-6,8H,3,7,12H2,1-2H3. The molecule has 0 aliphatic carbocycles. The summed E-state index contributed by atoms with van der Waals surface area (Å²) in [5.74, 6) is 1.36. The molecular formula is C11H16N4. The number of nitrogens with zero attached hydrogens (tertiary/aromatic N) is 3. The van der Waals surface area contributed by atoms with Gasteiger partial charge in [-0.2, -0.15) is 0 Å². The fourth-order valence-corrected chi connectivity index (χ4v) is 1.86. The van der Waals surface area contributed by atoms with Gasteiger partial charge in [-0.25, -0.2) is 9.97 Å². The predicted octanol–water partition coefficient (Wildman–Crippen LogP) is 1.42. The minimum atomic E-state index is 0.323.